The van der Waals surface area contributed by atoms with E-state index in [-0.39, 0.29) is 24.2 Å². The Morgan fingerprint density at radius 3 is 2.78 bits per heavy atom. The van der Waals surface area contributed by atoms with Gasteiger partial charge in [-0.15, -0.1) is 0 Å². The van der Waals surface area contributed by atoms with Crippen LogP contribution in [0.3, 0.4) is 0 Å². The van der Waals surface area contributed by atoms with E-state index in [2.05, 4.69) is 10.0 Å². The fraction of sp³-hybridized carbons (Fsp3) is 0.500. The van der Waals surface area contributed by atoms with Crippen molar-refractivity contribution in [1.29, 1.82) is 0 Å². The normalized spacial score (nSPS) is 11.4. The topological polar surface area (TPSA) is 97.6 Å². The summed E-state index contributed by atoms with van der Waals surface area (Å²) in [6.07, 6.45) is 0. The van der Waals surface area contributed by atoms with Crippen LogP contribution in [0.5, 0.6) is 0 Å². The number of sulfonamides is 1. The summed E-state index contributed by atoms with van der Waals surface area (Å²) in [5.74, 6) is 0.0558. The van der Waals surface area contributed by atoms with E-state index in [9.17, 15) is 13.2 Å². The molecule has 8 heteroatoms. The molecular formula is C10H16N2O5S. The highest BCUT2D eigenvalue weighted by Gasteiger charge is 2.16. The van der Waals surface area contributed by atoms with Crippen molar-refractivity contribution in [3.05, 3.63) is 17.9 Å². The highest BCUT2D eigenvalue weighted by Crippen LogP contribution is 2.12. The summed E-state index contributed by atoms with van der Waals surface area (Å²) >= 11 is 0. The Morgan fingerprint density at radius 2 is 2.17 bits per heavy atom. The molecule has 0 radical (unpaired) electrons. The van der Waals surface area contributed by atoms with Crippen molar-refractivity contribution in [3.8, 4) is 0 Å². The third kappa shape index (κ3) is 4.13. The zero-order valence-corrected chi connectivity index (χ0v) is 11.0. The molecule has 0 aliphatic heterocycles. The van der Waals surface area contributed by atoms with Gasteiger partial charge in [-0.25, -0.2) is 13.1 Å². The molecule has 0 aliphatic carbocycles. The van der Waals surface area contributed by atoms with Gasteiger partial charge in [0.05, 0.1) is 19.7 Å². The second-order valence-corrected chi connectivity index (χ2v) is 5.15. The first kappa shape index (κ1) is 14.7. The summed E-state index contributed by atoms with van der Waals surface area (Å²) in [4.78, 5) is 11.0. The largest absolute Gasteiger partial charge is 0.465 e. The number of nitrogens with one attached hydrogen (secondary N) is 2. The summed E-state index contributed by atoms with van der Waals surface area (Å²) in [5.41, 5.74) is 0. The van der Waals surface area contributed by atoms with E-state index in [1.54, 1.807) is 6.92 Å². The van der Waals surface area contributed by atoms with Gasteiger partial charge in [-0.1, -0.05) is 0 Å². The standard InChI is InChI=1S/C10H16N2O5S/c1-3-16-9(13)7-12-6-8-4-5-10(17-8)18(14,15)11-2/h4-5,11-12H,3,6-7H2,1-2H3. The minimum Gasteiger partial charge on any atom is -0.465 e. The van der Waals surface area contributed by atoms with E-state index in [4.69, 9.17) is 9.15 Å². The van der Waals surface area contributed by atoms with Gasteiger partial charge < -0.3 is 9.15 Å². The number of furan rings is 1. The zero-order valence-electron chi connectivity index (χ0n) is 10.2. The molecule has 0 amide bonds. The first-order valence-corrected chi connectivity index (χ1v) is 6.86. The van der Waals surface area contributed by atoms with Crippen LogP contribution in [-0.4, -0.2) is 34.6 Å². The Hall–Kier alpha value is -1.38. The molecule has 0 spiro atoms. The van der Waals surface area contributed by atoms with Crippen molar-refractivity contribution >= 4 is 16.0 Å². The zero-order chi connectivity index (χ0) is 13.6. The van der Waals surface area contributed by atoms with Crippen LogP contribution in [0.25, 0.3) is 0 Å². The molecule has 1 rings (SSSR count). The molecule has 1 aromatic heterocycles. The number of carbonyl (C=O) groups excluding carboxylic acids is 1. The van der Waals surface area contributed by atoms with E-state index in [1.165, 1.54) is 19.2 Å². The Labute approximate surface area is 106 Å². The predicted octanol–water partition coefficient (Wildman–Crippen LogP) is -0.160. The minimum atomic E-state index is -3.56. The molecule has 0 saturated carbocycles. The lowest BCUT2D eigenvalue weighted by molar-refractivity contribution is -0.142. The molecule has 0 saturated heterocycles. The summed E-state index contributed by atoms with van der Waals surface area (Å²) in [6, 6.07) is 2.88. The predicted molar refractivity (Wildman–Crippen MR) is 63.3 cm³/mol. The van der Waals surface area contributed by atoms with Gasteiger partial charge >= 0.3 is 5.97 Å². The van der Waals surface area contributed by atoms with Crippen LogP contribution in [0.2, 0.25) is 0 Å². The Balaban J connectivity index is 2.48. The van der Waals surface area contributed by atoms with E-state index in [0.29, 0.717) is 12.4 Å². The van der Waals surface area contributed by atoms with Crippen molar-refractivity contribution < 1.29 is 22.4 Å². The maximum absolute atomic E-state index is 11.4. The van der Waals surface area contributed by atoms with Crippen molar-refractivity contribution in [2.45, 2.75) is 18.6 Å². The lowest BCUT2D eigenvalue weighted by atomic mass is 10.4. The Morgan fingerprint density at radius 1 is 1.44 bits per heavy atom. The number of hydrogen-bond acceptors (Lipinski definition) is 6. The van der Waals surface area contributed by atoms with Crippen molar-refractivity contribution in [3.63, 3.8) is 0 Å². The van der Waals surface area contributed by atoms with E-state index in [1.807, 2.05) is 0 Å². The molecule has 0 aliphatic rings. The van der Waals surface area contributed by atoms with Crippen LogP contribution in [0.4, 0.5) is 0 Å². The number of ether oxygens (including phenoxy) is 1. The lowest BCUT2D eigenvalue weighted by Gasteiger charge is -2.02. The van der Waals surface area contributed by atoms with E-state index >= 15 is 0 Å². The summed E-state index contributed by atoms with van der Waals surface area (Å²) in [5, 5.41) is 2.63. The molecule has 102 valence electrons. The molecule has 0 fully saturated rings. The van der Waals surface area contributed by atoms with Crippen LogP contribution >= 0.6 is 0 Å². The van der Waals surface area contributed by atoms with Crippen molar-refractivity contribution in [2.24, 2.45) is 0 Å². The highest BCUT2D eigenvalue weighted by atomic mass is 32.2. The summed E-state index contributed by atoms with van der Waals surface area (Å²) in [6.45, 7) is 2.34. The molecule has 18 heavy (non-hydrogen) atoms. The third-order valence-electron chi connectivity index (χ3n) is 2.04. The van der Waals surface area contributed by atoms with Gasteiger partial charge in [0.2, 0.25) is 5.09 Å². The molecule has 0 unspecified atom stereocenters. The molecule has 0 atom stereocenters. The lowest BCUT2D eigenvalue weighted by Crippen LogP contribution is -2.24. The SMILES string of the molecule is CCOC(=O)CNCc1ccc(S(=O)(=O)NC)o1. The molecule has 0 bridgehead atoms. The highest BCUT2D eigenvalue weighted by molar-refractivity contribution is 7.89. The van der Waals surface area contributed by atoms with Crippen LogP contribution in [0, 0.1) is 0 Å². The van der Waals surface area contributed by atoms with Gasteiger partial charge in [-0.2, -0.15) is 0 Å². The summed E-state index contributed by atoms with van der Waals surface area (Å²) in [7, 11) is -2.26. The van der Waals surface area contributed by atoms with Gasteiger partial charge in [-0.3, -0.25) is 10.1 Å². The Kier molecular flexibility index (Phi) is 5.32. The number of carbonyl (C=O) groups is 1. The number of hydrogen-bond donors (Lipinski definition) is 2. The van der Waals surface area contributed by atoms with Gasteiger partial charge in [0, 0.05) is 0 Å². The number of rotatable bonds is 7. The smallest absolute Gasteiger partial charge is 0.319 e. The average molecular weight is 276 g/mol. The quantitative estimate of drug-likeness (QED) is 0.672. The van der Waals surface area contributed by atoms with Crippen molar-refractivity contribution in [2.75, 3.05) is 20.2 Å². The maximum atomic E-state index is 11.4. The molecule has 1 aromatic rings. The second-order valence-electron chi connectivity index (χ2n) is 3.34. The Bertz CT molecular complexity index is 494. The van der Waals surface area contributed by atoms with Crippen LogP contribution < -0.4 is 10.0 Å². The fourth-order valence-corrected chi connectivity index (χ4v) is 1.86. The molecule has 7 nitrogen and oxygen atoms in total. The van der Waals surface area contributed by atoms with Crippen molar-refractivity contribution in [1.82, 2.24) is 10.0 Å². The fourth-order valence-electron chi connectivity index (χ4n) is 1.20. The van der Waals surface area contributed by atoms with Crippen LogP contribution in [0.1, 0.15) is 12.7 Å². The molecule has 1 heterocycles. The molecular weight excluding hydrogens is 260 g/mol. The van der Waals surface area contributed by atoms with E-state index < -0.39 is 10.0 Å². The van der Waals surface area contributed by atoms with Gasteiger partial charge in [0.15, 0.2) is 0 Å². The van der Waals surface area contributed by atoms with Crippen LogP contribution in [0.15, 0.2) is 21.6 Å². The van der Waals surface area contributed by atoms with Crippen LogP contribution in [-0.2, 0) is 26.1 Å². The van der Waals surface area contributed by atoms with E-state index in [0.717, 1.165) is 0 Å². The first-order valence-electron chi connectivity index (χ1n) is 5.38. The second kappa shape index (κ2) is 6.53. The first-order chi connectivity index (χ1) is 8.49. The molecule has 2 N–H and O–H groups in total. The van der Waals surface area contributed by atoms with Gasteiger partial charge in [-0.05, 0) is 26.1 Å². The summed E-state index contributed by atoms with van der Waals surface area (Å²) < 4.78 is 34.7. The monoisotopic (exact) mass is 276 g/mol. The van der Waals surface area contributed by atoms with Gasteiger partial charge in [0.1, 0.15) is 5.76 Å². The third-order valence-corrected chi connectivity index (χ3v) is 3.33. The molecule has 0 aromatic carbocycles. The average Bonchev–Trinajstić information content (AvgIpc) is 2.79. The van der Waals surface area contributed by atoms with Gasteiger partial charge in [0.25, 0.3) is 10.0 Å². The maximum Gasteiger partial charge on any atom is 0.319 e. The minimum absolute atomic E-state index is 0.0443. The number of esters is 1.